The number of furan rings is 1. The lowest BCUT2D eigenvalue weighted by Crippen LogP contribution is -2.34. The lowest BCUT2D eigenvalue weighted by molar-refractivity contribution is 0.0975. The predicted octanol–water partition coefficient (Wildman–Crippen LogP) is 4.97. The third-order valence-electron chi connectivity index (χ3n) is 3.55. The van der Waals surface area contributed by atoms with Crippen LogP contribution in [0.5, 0.6) is 0 Å². The number of halogens is 2. The summed E-state index contributed by atoms with van der Waals surface area (Å²) in [5.41, 5.74) is 1.54. The van der Waals surface area contributed by atoms with Gasteiger partial charge in [0.15, 0.2) is 10.9 Å². The van der Waals surface area contributed by atoms with Crippen molar-refractivity contribution in [3.63, 3.8) is 0 Å². The van der Waals surface area contributed by atoms with Gasteiger partial charge in [-0.2, -0.15) is 0 Å². The first-order valence-electron chi connectivity index (χ1n) is 7.94. The van der Waals surface area contributed by atoms with Gasteiger partial charge >= 0.3 is 0 Å². The Bertz CT molecular complexity index is 1020. The average Bonchev–Trinajstić information content (AvgIpc) is 3.20. The quantitative estimate of drug-likeness (QED) is 0.506. The van der Waals surface area contributed by atoms with E-state index in [0.29, 0.717) is 22.0 Å². The minimum atomic E-state index is -0.418. The topological polar surface area (TPSA) is 83.4 Å². The van der Waals surface area contributed by atoms with Crippen LogP contribution in [-0.4, -0.2) is 16.9 Å². The summed E-state index contributed by atoms with van der Waals surface area (Å²) >= 11 is 16.9. The van der Waals surface area contributed by atoms with Crippen molar-refractivity contribution in [3.05, 3.63) is 82.2 Å². The van der Waals surface area contributed by atoms with Gasteiger partial charge < -0.3 is 15.1 Å². The minimum absolute atomic E-state index is 0.114. The van der Waals surface area contributed by atoms with Crippen LogP contribution in [0.2, 0.25) is 10.0 Å². The Kier molecular flexibility index (Phi) is 6.30. The number of amides is 2. The molecule has 1 heterocycles. The van der Waals surface area contributed by atoms with E-state index in [0.717, 1.165) is 0 Å². The first-order valence-corrected chi connectivity index (χ1v) is 9.11. The lowest BCUT2D eigenvalue weighted by Gasteiger charge is -2.11. The van der Waals surface area contributed by atoms with Crippen molar-refractivity contribution in [2.75, 3.05) is 10.6 Å². The zero-order chi connectivity index (χ0) is 20.1. The standard InChI is InChI=1S/C19H13Cl2N3O3S/c20-14-8-3-11(10-15(14)21)17(25)24-19(28)23-13-6-4-12(5-7-13)22-18(26)16-2-1-9-27-16/h1-10H,(H,22,26)(H2,23,24,25,28). The summed E-state index contributed by atoms with van der Waals surface area (Å²) in [7, 11) is 0. The second-order valence-corrected chi connectivity index (χ2v) is 6.77. The van der Waals surface area contributed by atoms with Crippen molar-refractivity contribution in [1.82, 2.24) is 5.32 Å². The van der Waals surface area contributed by atoms with Gasteiger partial charge in [-0.05, 0) is 66.8 Å². The summed E-state index contributed by atoms with van der Waals surface area (Å²) in [6.45, 7) is 0. The Morgan fingerprint density at radius 2 is 1.54 bits per heavy atom. The molecule has 0 saturated carbocycles. The van der Waals surface area contributed by atoms with E-state index >= 15 is 0 Å². The number of thiocarbonyl (C=S) groups is 1. The van der Waals surface area contributed by atoms with E-state index in [4.69, 9.17) is 39.8 Å². The molecule has 2 amide bonds. The van der Waals surface area contributed by atoms with Crippen LogP contribution >= 0.6 is 35.4 Å². The summed E-state index contributed by atoms with van der Waals surface area (Å²) in [5, 5.41) is 8.89. The molecule has 3 N–H and O–H groups in total. The highest BCUT2D eigenvalue weighted by molar-refractivity contribution is 7.80. The Labute approximate surface area is 175 Å². The highest BCUT2D eigenvalue weighted by Gasteiger charge is 2.11. The summed E-state index contributed by atoms with van der Waals surface area (Å²) in [4.78, 5) is 24.1. The molecule has 0 atom stereocenters. The fourth-order valence-corrected chi connectivity index (χ4v) is 2.72. The molecule has 0 aliphatic rings. The monoisotopic (exact) mass is 433 g/mol. The molecule has 1 aromatic heterocycles. The number of benzene rings is 2. The number of carbonyl (C=O) groups is 2. The normalized spacial score (nSPS) is 10.2. The van der Waals surface area contributed by atoms with Gasteiger partial charge in [0, 0.05) is 16.9 Å². The predicted molar refractivity (Wildman–Crippen MR) is 113 cm³/mol. The van der Waals surface area contributed by atoms with E-state index in [2.05, 4.69) is 16.0 Å². The van der Waals surface area contributed by atoms with Crippen molar-refractivity contribution >= 4 is 63.7 Å². The van der Waals surface area contributed by atoms with Gasteiger partial charge in [-0.25, -0.2) is 0 Å². The van der Waals surface area contributed by atoms with Crippen molar-refractivity contribution in [3.8, 4) is 0 Å². The van der Waals surface area contributed by atoms with Crippen LogP contribution in [0.3, 0.4) is 0 Å². The van der Waals surface area contributed by atoms with Gasteiger partial charge in [0.1, 0.15) is 0 Å². The van der Waals surface area contributed by atoms with Crippen LogP contribution < -0.4 is 16.0 Å². The number of hydrogen-bond donors (Lipinski definition) is 3. The molecule has 2 aromatic carbocycles. The van der Waals surface area contributed by atoms with Crippen molar-refractivity contribution in [2.24, 2.45) is 0 Å². The molecule has 0 unspecified atom stereocenters. The maximum absolute atomic E-state index is 12.2. The highest BCUT2D eigenvalue weighted by Crippen LogP contribution is 2.22. The molecule has 0 aliphatic heterocycles. The van der Waals surface area contributed by atoms with E-state index in [9.17, 15) is 9.59 Å². The molecule has 0 aliphatic carbocycles. The lowest BCUT2D eigenvalue weighted by atomic mass is 10.2. The van der Waals surface area contributed by atoms with Crippen LogP contribution in [0.15, 0.2) is 65.3 Å². The molecule has 0 bridgehead atoms. The third-order valence-corrected chi connectivity index (χ3v) is 4.50. The number of nitrogens with one attached hydrogen (secondary N) is 3. The largest absolute Gasteiger partial charge is 0.459 e. The third kappa shape index (κ3) is 5.10. The fourth-order valence-electron chi connectivity index (χ4n) is 2.21. The molecule has 9 heteroatoms. The molecule has 28 heavy (non-hydrogen) atoms. The molecule has 0 saturated heterocycles. The van der Waals surface area contributed by atoms with E-state index in [1.165, 1.54) is 18.4 Å². The number of hydrogen-bond acceptors (Lipinski definition) is 4. The van der Waals surface area contributed by atoms with Crippen molar-refractivity contribution in [1.29, 1.82) is 0 Å². The van der Waals surface area contributed by atoms with Crippen LogP contribution in [0.25, 0.3) is 0 Å². The van der Waals surface area contributed by atoms with E-state index < -0.39 is 5.91 Å². The maximum atomic E-state index is 12.2. The molecule has 0 fully saturated rings. The summed E-state index contributed by atoms with van der Waals surface area (Å²) in [6, 6.07) is 14.5. The van der Waals surface area contributed by atoms with Crippen LogP contribution in [0, 0.1) is 0 Å². The zero-order valence-corrected chi connectivity index (χ0v) is 16.5. The molecular formula is C19H13Cl2N3O3S. The average molecular weight is 434 g/mol. The van der Waals surface area contributed by atoms with Crippen molar-refractivity contribution in [2.45, 2.75) is 0 Å². The zero-order valence-electron chi connectivity index (χ0n) is 14.2. The number of anilines is 2. The molecule has 3 aromatic rings. The molecule has 6 nitrogen and oxygen atoms in total. The SMILES string of the molecule is O=C(NC(=S)Nc1ccc(NC(=O)c2ccco2)cc1)c1ccc(Cl)c(Cl)c1. The molecule has 0 radical (unpaired) electrons. The molecular weight excluding hydrogens is 421 g/mol. The van der Waals surface area contributed by atoms with Gasteiger partial charge in [0.2, 0.25) is 0 Å². The minimum Gasteiger partial charge on any atom is -0.459 e. The van der Waals surface area contributed by atoms with E-state index in [1.807, 2.05) is 0 Å². The second-order valence-electron chi connectivity index (χ2n) is 5.55. The summed E-state index contributed by atoms with van der Waals surface area (Å²) in [6.07, 6.45) is 1.43. The smallest absolute Gasteiger partial charge is 0.291 e. The maximum Gasteiger partial charge on any atom is 0.291 e. The van der Waals surface area contributed by atoms with Gasteiger partial charge in [-0.3, -0.25) is 14.9 Å². The van der Waals surface area contributed by atoms with Gasteiger partial charge in [-0.1, -0.05) is 23.2 Å². The molecule has 0 spiro atoms. The van der Waals surface area contributed by atoms with Gasteiger partial charge in [-0.15, -0.1) is 0 Å². The van der Waals surface area contributed by atoms with Crippen molar-refractivity contribution < 1.29 is 14.0 Å². The Morgan fingerprint density at radius 3 is 2.14 bits per heavy atom. The summed E-state index contributed by atoms with van der Waals surface area (Å²) < 4.78 is 5.03. The van der Waals surface area contributed by atoms with E-state index in [-0.39, 0.29) is 21.8 Å². The first-order chi connectivity index (χ1) is 13.4. The Morgan fingerprint density at radius 1 is 0.857 bits per heavy atom. The summed E-state index contributed by atoms with van der Waals surface area (Å²) in [5.74, 6) is -0.554. The first kappa shape index (κ1) is 19.9. The second kappa shape index (κ2) is 8.88. The van der Waals surface area contributed by atoms with Crippen LogP contribution in [-0.2, 0) is 0 Å². The van der Waals surface area contributed by atoms with E-state index in [1.54, 1.807) is 42.5 Å². The highest BCUT2D eigenvalue weighted by atomic mass is 35.5. The Balaban J connectivity index is 1.56. The molecule has 3 rings (SSSR count). The number of carbonyl (C=O) groups excluding carboxylic acids is 2. The van der Waals surface area contributed by atoms with Crippen LogP contribution in [0.4, 0.5) is 11.4 Å². The van der Waals surface area contributed by atoms with Crippen LogP contribution in [0.1, 0.15) is 20.9 Å². The molecule has 142 valence electrons. The fraction of sp³-hybridized carbons (Fsp3) is 0. The van der Waals surface area contributed by atoms with Gasteiger partial charge in [0.25, 0.3) is 11.8 Å². The number of rotatable bonds is 4. The van der Waals surface area contributed by atoms with Gasteiger partial charge in [0.05, 0.1) is 16.3 Å². The Hall–Kier alpha value is -2.87.